The van der Waals surface area contributed by atoms with Crippen molar-refractivity contribution >= 4 is 11.9 Å². The van der Waals surface area contributed by atoms with E-state index < -0.39 is 11.9 Å². The Labute approximate surface area is 151 Å². The van der Waals surface area contributed by atoms with Crippen LogP contribution in [0.15, 0.2) is 48.5 Å². The number of carbonyl (C=O) groups excluding carboxylic acids is 1. The molecule has 138 valence electrons. The van der Waals surface area contributed by atoms with Crippen LogP contribution in [0.4, 0.5) is 0 Å². The molecule has 6 nitrogen and oxygen atoms in total. The van der Waals surface area contributed by atoms with Gasteiger partial charge < -0.3 is 20.1 Å². The van der Waals surface area contributed by atoms with Gasteiger partial charge in [-0.05, 0) is 49.9 Å². The number of aromatic hydroxyl groups is 2. The fraction of sp³-hybridized carbons (Fsp3) is 0.300. The van der Waals surface area contributed by atoms with Crippen LogP contribution < -0.4 is 0 Å². The van der Waals surface area contributed by atoms with Crippen molar-refractivity contribution < 1.29 is 29.6 Å². The molecule has 3 rings (SSSR count). The predicted octanol–water partition coefficient (Wildman–Crippen LogP) is 3.97. The van der Waals surface area contributed by atoms with Crippen LogP contribution in [0.2, 0.25) is 0 Å². The summed E-state index contributed by atoms with van der Waals surface area (Å²) in [5.41, 5.74) is 0.190. The molecule has 2 aromatic carbocycles. The molecule has 0 aliphatic heterocycles. The van der Waals surface area contributed by atoms with Crippen LogP contribution in [0.25, 0.3) is 0 Å². The van der Waals surface area contributed by atoms with E-state index in [1.807, 2.05) is 0 Å². The molecule has 0 bridgehead atoms. The van der Waals surface area contributed by atoms with E-state index in [1.165, 1.54) is 24.6 Å². The Kier molecular flexibility index (Phi) is 7.02. The summed E-state index contributed by atoms with van der Waals surface area (Å²) < 4.78 is 5.36. The van der Waals surface area contributed by atoms with Gasteiger partial charge in [0.1, 0.15) is 28.7 Å². The van der Waals surface area contributed by atoms with E-state index >= 15 is 0 Å². The molecule has 1 aliphatic carbocycles. The second kappa shape index (κ2) is 9.46. The van der Waals surface area contributed by atoms with Crippen molar-refractivity contribution in [3.63, 3.8) is 0 Å². The largest absolute Gasteiger partial charge is 0.507 e. The number of carbonyl (C=O) groups is 2. The highest BCUT2D eigenvalue weighted by Gasteiger charge is 2.20. The SMILES string of the molecule is O=C(O)c1ccccc1O.O=C(OC1CCCCC1)c1ccccc1O. The summed E-state index contributed by atoms with van der Waals surface area (Å²) in [5.74, 6) is -1.73. The molecule has 26 heavy (non-hydrogen) atoms. The number of hydrogen-bond donors (Lipinski definition) is 3. The number of para-hydroxylation sites is 2. The number of hydrogen-bond acceptors (Lipinski definition) is 5. The second-order valence-electron chi connectivity index (χ2n) is 6.00. The summed E-state index contributed by atoms with van der Waals surface area (Å²) in [5, 5.41) is 26.8. The van der Waals surface area contributed by atoms with E-state index in [0.717, 1.165) is 25.7 Å². The molecule has 0 aromatic heterocycles. The van der Waals surface area contributed by atoms with Gasteiger partial charge in [-0.3, -0.25) is 0 Å². The van der Waals surface area contributed by atoms with Crippen LogP contribution in [-0.4, -0.2) is 33.4 Å². The molecule has 1 saturated carbocycles. The Hall–Kier alpha value is -3.02. The Morgan fingerprint density at radius 2 is 1.31 bits per heavy atom. The average molecular weight is 358 g/mol. The summed E-state index contributed by atoms with van der Waals surface area (Å²) in [7, 11) is 0. The standard InChI is InChI=1S/C13H16O3.C7H6O3/c14-12-9-5-4-8-11(12)13(15)16-10-6-2-1-3-7-10;8-6-4-2-1-3-5(6)7(9)10/h4-5,8-10,14H,1-3,6-7H2;1-4,8H,(H,9,10). The lowest BCUT2D eigenvalue weighted by atomic mass is 9.98. The fourth-order valence-corrected chi connectivity index (χ4v) is 2.70. The number of aromatic carboxylic acids is 1. The van der Waals surface area contributed by atoms with Gasteiger partial charge in [-0.2, -0.15) is 0 Å². The number of phenols is 2. The summed E-state index contributed by atoms with van der Waals surface area (Å²) >= 11 is 0. The van der Waals surface area contributed by atoms with Crippen molar-refractivity contribution in [2.45, 2.75) is 38.2 Å². The number of phenolic OH excluding ortho intramolecular Hbond substituents is 1. The lowest BCUT2D eigenvalue weighted by Gasteiger charge is -2.21. The molecule has 2 aromatic rings. The first kappa shape index (κ1) is 19.3. The van der Waals surface area contributed by atoms with Crippen LogP contribution in [0, 0.1) is 0 Å². The molecule has 0 atom stereocenters. The van der Waals surface area contributed by atoms with E-state index in [4.69, 9.17) is 14.9 Å². The molecular weight excluding hydrogens is 336 g/mol. The summed E-state index contributed by atoms with van der Waals surface area (Å²) in [6.45, 7) is 0. The molecule has 0 amide bonds. The molecule has 0 heterocycles. The second-order valence-corrected chi connectivity index (χ2v) is 6.00. The van der Waals surface area contributed by atoms with E-state index in [-0.39, 0.29) is 28.7 Å². The van der Waals surface area contributed by atoms with Crippen molar-refractivity contribution in [3.8, 4) is 11.5 Å². The molecule has 0 unspecified atom stereocenters. The number of carboxylic acid groups (broad SMARTS) is 1. The third kappa shape index (κ3) is 5.51. The van der Waals surface area contributed by atoms with Gasteiger partial charge in [-0.15, -0.1) is 0 Å². The third-order valence-corrected chi connectivity index (χ3v) is 4.08. The number of carboxylic acids is 1. The zero-order valence-corrected chi connectivity index (χ0v) is 14.3. The molecule has 6 heteroatoms. The van der Waals surface area contributed by atoms with Crippen molar-refractivity contribution in [2.75, 3.05) is 0 Å². The normalized spacial score (nSPS) is 14.0. The highest BCUT2D eigenvalue weighted by atomic mass is 16.5. The number of esters is 1. The van der Waals surface area contributed by atoms with Gasteiger partial charge in [-0.25, -0.2) is 9.59 Å². The van der Waals surface area contributed by atoms with Crippen LogP contribution in [-0.2, 0) is 4.74 Å². The highest BCUT2D eigenvalue weighted by Crippen LogP contribution is 2.23. The van der Waals surface area contributed by atoms with Gasteiger partial charge >= 0.3 is 11.9 Å². The Bertz CT molecular complexity index is 749. The Balaban J connectivity index is 0.000000209. The predicted molar refractivity (Wildman–Crippen MR) is 95.5 cm³/mol. The monoisotopic (exact) mass is 358 g/mol. The molecular formula is C20H22O6. The molecule has 3 N–H and O–H groups in total. The maximum Gasteiger partial charge on any atom is 0.342 e. The first-order valence-electron chi connectivity index (χ1n) is 8.49. The quantitative estimate of drug-likeness (QED) is 0.717. The zero-order valence-electron chi connectivity index (χ0n) is 14.3. The van der Waals surface area contributed by atoms with E-state index in [1.54, 1.807) is 30.3 Å². The fourth-order valence-electron chi connectivity index (χ4n) is 2.70. The Morgan fingerprint density at radius 3 is 1.77 bits per heavy atom. The molecule has 0 radical (unpaired) electrons. The minimum absolute atomic E-state index is 0.0108. The first-order valence-corrected chi connectivity index (χ1v) is 8.49. The molecule has 0 spiro atoms. The van der Waals surface area contributed by atoms with Crippen molar-refractivity contribution in [1.29, 1.82) is 0 Å². The third-order valence-electron chi connectivity index (χ3n) is 4.08. The van der Waals surface area contributed by atoms with Gasteiger partial charge in [0.05, 0.1) is 0 Å². The topological polar surface area (TPSA) is 104 Å². The van der Waals surface area contributed by atoms with Crippen molar-refractivity contribution in [2.24, 2.45) is 0 Å². The van der Waals surface area contributed by atoms with Crippen LogP contribution in [0.5, 0.6) is 11.5 Å². The van der Waals surface area contributed by atoms with Gasteiger partial charge in [0, 0.05) is 0 Å². The van der Waals surface area contributed by atoms with Gasteiger partial charge in [0.25, 0.3) is 0 Å². The van der Waals surface area contributed by atoms with E-state index in [0.29, 0.717) is 0 Å². The smallest absolute Gasteiger partial charge is 0.342 e. The molecule has 1 aliphatic rings. The zero-order chi connectivity index (χ0) is 18.9. The highest BCUT2D eigenvalue weighted by molar-refractivity contribution is 5.92. The summed E-state index contributed by atoms with van der Waals surface area (Å²) in [6, 6.07) is 12.3. The van der Waals surface area contributed by atoms with Crippen LogP contribution >= 0.6 is 0 Å². The Morgan fingerprint density at radius 1 is 0.808 bits per heavy atom. The number of benzene rings is 2. The number of rotatable bonds is 3. The average Bonchev–Trinajstić information content (AvgIpc) is 2.63. The van der Waals surface area contributed by atoms with E-state index in [2.05, 4.69) is 0 Å². The lowest BCUT2D eigenvalue weighted by molar-refractivity contribution is 0.0208. The van der Waals surface area contributed by atoms with E-state index in [9.17, 15) is 14.7 Å². The maximum atomic E-state index is 11.8. The first-order chi connectivity index (χ1) is 12.5. The van der Waals surface area contributed by atoms with Gasteiger partial charge in [0.2, 0.25) is 0 Å². The molecule has 0 saturated heterocycles. The maximum absolute atomic E-state index is 11.8. The number of ether oxygens (including phenoxy) is 1. The molecule has 1 fully saturated rings. The summed E-state index contributed by atoms with van der Waals surface area (Å²) in [6.07, 6.45) is 5.39. The minimum atomic E-state index is -1.11. The van der Waals surface area contributed by atoms with Gasteiger partial charge in [0.15, 0.2) is 0 Å². The van der Waals surface area contributed by atoms with Crippen molar-refractivity contribution in [3.05, 3.63) is 59.7 Å². The summed E-state index contributed by atoms with van der Waals surface area (Å²) in [4.78, 5) is 22.0. The van der Waals surface area contributed by atoms with Crippen LogP contribution in [0.3, 0.4) is 0 Å². The van der Waals surface area contributed by atoms with Gasteiger partial charge in [-0.1, -0.05) is 30.7 Å². The van der Waals surface area contributed by atoms with Crippen molar-refractivity contribution in [1.82, 2.24) is 0 Å². The van der Waals surface area contributed by atoms with Crippen LogP contribution in [0.1, 0.15) is 52.8 Å². The lowest BCUT2D eigenvalue weighted by Crippen LogP contribution is -2.20. The minimum Gasteiger partial charge on any atom is -0.507 e.